The molecule has 0 amide bonds. The van der Waals surface area contributed by atoms with Crippen LogP contribution in [0.5, 0.6) is 5.75 Å². The highest BCUT2D eigenvalue weighted by Crippen LogP contribution is 2.29. The molecule has 112 valence electrons. The number of rotatable bonds is 6. The lowest BCUT2D eigenvalue weighted by Gasteiger charge is -2.24. The van der Waals surface area contributed by atoms with Gasteiger partial charge in [0.15, 0.2) is 0 Å². The smallest absolute Gasteiger partial charge is 0.342 e. The van der Waals surface area contributed by atoms with Crippen molar-refractivity contribution in [3.8, 4) is 5.75 Å². The summed E-state index contributed by atoms with van der Waals surface area (Å²) in [4.78, 5) is 22.3. The van der Waals surface area contributed by atoms with Crippen LogP contribution in [0.4, 0.5) is 0 Å². The van der Waals surface area contributed by atoms with Crippen LogP contribution >= 0.6 is 0 Å². The van der Waals surface area contributed by atoms with E-state index in [1.807, 2.05) is 0 Å². The third-order valence-electron chi connectivity index (χ3n) is 3.14. The molecule has 2 unspecified atom stereocenters. The van der Waals surface area contributed by atoms with E-state index in [9.17, 15) is 14.7 Å². The van der Waals surface area contributed by atoms with Gasteiger partial charge >= 0.3 is 11.6 Å². The van der Waals surface area contributed by atoms with Crippen LogP contribution in [-0.2, 0) is 4.79 Å². The van der Waals surface area contributed by atoms with Crippen molar-refractivity contribution < 1.29 is 24.2 Å². The predicted molar refractivity (Wildman–Crippen MR) is 72.2 cm³/mol. The minimum atomic E-state index is -1.37. The number of ether oxygens (including phenoxy) is 1. The summed E-state index contributed by atoms with van der Waals surface area (Å²) in [6.45, 7) is 4.80. The Kier molecular flexibility index (Phi) is 4.94. The van der Waals surface area contributed by atoms with E-state index in [0.717, 1.165) is 0 Å². The van der Waals surface area contributed by atoms with Crippen molar-refractivity contribution >= 4 is 5.97 Å². The van der Waals surface area contributed by atoms with Gasteiger partial charge in [0.25, 0.3) is 0 Å². The second-order valence-corrected chi connectivity index (χ2v) is 5.30. The fourth-order valence-electron chi connectivity index (χ4n) is 2.16. The molecular formula is C14H20O6. The Morgan fingerprint density at radius 2 is 2.15 bits per heavy atom. The summed E-state index contributed by atoms with van der Waals surface area (Å²) in [5, 5.41) is 18.8. The molecule has 20 heavy (non-hydrogen) atoms. The van der Waals surface area contributed by atoms with Crippen LogP contribution in [0.25, 0.3) is 0 Å². The second-order valence-electron chi connectivity index (χ2n) is 5.30. The Hall–Kier alpha value is -1.82. The van der Waals surface area contributed by atoms with Crippen molar-refractivity contribution in [1.82, 2.24) is 0 Å². The molecule has 0 aliphatic carbocycles. The number of carbonyl (C=O) groups is 1. The summed E-state index contributed by atoms with van der Waals surface area (Å²) in [5.74, 6) is -0.610. The van der Waals surface area contributed by atoms with Gasteiger partial charge < -0.3 is 19.4 Å². The number of aliphatic carboxylic acids is 1. The van der Waals surface area contributed by atoms with Crippen molar-refractivity contribution in [3.63, 3.8) is 0 Å². The fourth-order valence-corrected chi connectivity index (χ4v) is 2.16. The Bertz CT molecular complexity index is 543. The van der Waals surface area contributed by atoms with Crippen LogP contribution in [0.3, 0.4) is 0 Å². The normalized spacial score (nSPS) is 15.4. The predicted octanol–water partition coefficient (Wildman–Crippen LogP) is 1.68. The Labute approximate surface area is 117 Å². The zero-order valence-corrected chi connectivity index (χ0v) is 12.1. The maximum atomic E-state index is 11.7. The second kappa shape index (κ2) is 6.09. The highest BCUT2D eigenvalue weighted by Gasteiger charge is 2.28. The van der Waals surface area contributed by atoms with Crippen LogP contribution in [0.15, 0.2) is 15.3 Å². The topological polar surface area (TPSA) is 97.0 Å². The maximum absolute atomic E-state index is 11.7. The van der Waals surface area contributed by atoms with Crippen molar-refractivity contribution in [2.24, 2.45) is 0 Å². The van der Waals surface area contributed by atoms with Crippen molar-refractivity contribution in [2.75, 3.05) is 7.11 Å². The largest absolute Gasteiger partial charge is 0.496 e. The number of carboxylic acid groups (broad SMARTS) is 1. The summed E-state index contributed by atoms with van der Waals surface area (Å²) in [5.41, 5.74) is -1.49. The van der Waals surface area contributed by atoms with Gasteiger partial charge in [-0.25, -0.2) is 4.79 Å². The van der Waals surface area contributed by atoms with Gasteiger partial charge in [-0.1, -0.05) is 6.92 Å². The van der Waals surface area contributed by atoms with E-state index >= 15 is 0 Å². The Balaban J connectivity index is 2.98. The molecule has 0 spiro atoms. The highest BCUT2D eigenvalue weighted by atomic mass is 16.5. The molecule has 1 aromatic rings. The number of aliphatic hydroxyl groups is 1. The van der Waals surface area contributed by atoms with Gasteiger partial charge in [0.1, 0.15) is 11.5 Å². The van der Waals surface area contributed by atoms with E-state index in [1.165, 1.54) is 14.0 Å². The van der Waals surface area contributed by atoms with Crippen LogP contribution in [0.2, 0.25) is 0 Å². The van der Waals surface area contributed by atoms with Crippen LogP contribution in [-0.4, -0.2) is 28.9 Å². The molecule has 0 radical (unpaired) electrons. The minimum absolute atomic E-state index is 0.161. The molecule has 0 saturated heterocycles. The summed E-state index contributed by atoms with van der Waals surface area (Å²) in [7, 11) is 1.46. The summed E-state index contributed by atoms with van der Waals surface area (Å²) in [6.07, 6.45) is -0.209. The molecule has 1 aromatic heterocycles. The first-order valence-corrected chi connectivity index (χ1v) is 6.29. The third-order valence-corrected chi connectivity index (χ3v) is 3.14. The van der Waals surface area contributed by atoms with Gasteiger partial charge in [0, 0.05) is 12.0 Å². The van der Waals surface area contributed by atoms with E-state index < -0.39 is 17.2 Å². The average molecular weight is 284 g/mol. The first-order valence-electron chi connectivity index (χ1n) is 6.29. The molecule has 6 heteroatoms. The SMILES string of the molecule is COc1cc(C(C)CC(C)(O)CC(=O)O)oc(=O)c1C. The van der Waals surface area contributed by atoms with Gasteiger partial charge in [-0.15, -0.1) is 0 Å². The minimum Gasteiger partial charge on any atom is -0.496 e. The van der Waals surface area contributed by atoms with Gasteiger partial charge in [-0.2, -0.15) is 0 Å². The number of methoxy groups -OCH3 is 1. The zero-order chi connectivity index (χ0) is 15.5. The average Bonchev–Trinajstić information content (AvgIpc) is 2.29. The van der Waals surface area contributed by atoms with E-state index in [1.54, 1.807) is 19.9 Å². The molecular weight excluding hydrogens is 264 g/mol. The first kappa shape index (κ1) is 16.2. The van der Waals surface area contributed by atoms with Gasteiger partial charge in [-0.05, 0) is 20.3 Å². The lowest BCUT2D eigenvalue weighted by atomic mass is 9.89. The molecule has 0 aliphatic rings. The molecule has 0 aromatic carbocycles. The Morgan fingerprint density at radius 1 is 1.55 bits per heavy atom. The van der Waals surface area contributed by atoms with Crippen LogP contribution in [0, 0.1) is 6.92 Å². The van der Waals surface area contributed by atoms with Crippen molar-refractivity contribution in [3.05, 3.63) is 27.8 Å². The molecule has 2 atom stereocenters. The van der Waals surface area contributed by atoms with E-state index in [2.05, 4.69) is 0 Å². The monoisotopic (exact) mass is 284 g/mol. The molecule has 0 saturated carbocycles. The van der Waals surface area contributed by atoms with Crippen LogP contribution < -0.4 is 10.4 Å². The highest BCUT2D eigenvalue weighted by molar-refractivity contribution is 5.68. The van der Waals surface area contributed by atoms with E-state index in [4.69, 9.17) is 14.3 Å². The standard InChI is InChI=1S/C14H20O6/c1-8(6-14(3,18)7-12(15)16)10-5-11(19-4)9(2)13(17)20-10/h5,8,18H,6-7H2,1-4H3,(H,15,16). The summed E-state index contributed by atoms with van der Waals surface area (Å²) in [6, 6.07) is 1.60. The van der Waals surface area contributed by atoms with E-state index in [0.29, 0.717) is 17.1 Å². The number of hydrogen-bond acceptors (Lipinski definition) is 5. The fraction of sp³-hybridized carbons (Fsp3) is 0.571. The lowest BCUT2D eigenvalue weighted by molar-refractivity contribution is -0.142. The third kappa shape index (κ3) is 4.09. The maximum Gasteiger partial charge on any atom is 0.342 e. The van der Waals surface area contributed by atoms with Crippen molar-refractivity contribution in [1.29, 1.82) is 0 Å². The van der Waals surface area contributed by atoms with Crippen molar-refractivity contribution in [2.45, 2.75) is 45.1 Å². The van der Waals surface area contributed by atoms with Gasteiger partial charge in [0.05, 0.1) is 24.7 Å². The molecule has 0 aliphatic heterocycles. The first-order chi connectivity index (χ1) is 9.16. The van der Waals surface area contributed by atoms with Crippen LogP contribution in [0.1, 0.15) is 43.9 Å². The van der Waals surface area contributed by atoms with E-state index in [-0.39, 0.29) is 18.8 Å². The molecule has 6 nitrogen and oxygen atoms in total. The zero-order valence-electron chi connectivity index (χ0n) is 12.1. The molecule has 1 heterocycles. The Morgan fingerprint density at radius 3 is 2.65 bits per heavy atom. The summed E-state index contributed by atoms with van der Waals surface area (Å²) < 4.78 is 10.3. The summed E-state index contributed by atoms with van der Waals surface area (Å²) >= 11 is 0. The molecule has 1 rings (SSSR count). The number of hydrogen-bond donors (Lipinski definition) is 2. The lowest BCUT2D eigenvalue weighted by Crippen LogP contribution is -2.29. The molecule has 0 bridgehead atoms. The quantitative estimate of drug-likeness (QED) is 0.824. The molecule has 2 N–H and O–H groups in total. The van der Waals surface area contributed by atoms with Gasteiger partial charge in [0.2, 0.25) is 0 Å². The number of carboxylic acids is 1. The molecule has 0 fully saturated rings. The van der Waals surface area contributed by atoms with Gasteiger partial charge in [-0.3, -0.25) is 4.79 Å².